The molecule has 0 N–H and O–H groups in total. The highest BCUT2D eigenvalue weighted by molar-refractivity contribution is 4.73. The van der Waals surface area contributed by atoms with Crippen molar-refractivity contribution in [1.82, 2.24) is 0 Å². The van der Waals surface area contributed by atoms with Crippen molar-refractivity contribution in [2.75, 3.05) is 7.11 Å². The van der Waals surface area contributed by atoms with Crippen LogP contribution in [0.5, 0.6) is 0 Å². The van der Waals surface area contributed by atoms with Crippen LogP contribution < -0.4 is 0 Å². The lowest BCUT2D eigenvalue weighted by molar-refractivity contribution is 0.335. The number of rotatable bonds is 3. The van der Waals surface area contributed by atoms with E-state index in [1.807, 2.05) is 6.08 Å². The van der Waals surface area contributed by atoms with Crippen molar-refractivity contribution in [2.24, 2.45) is 5.92 Å². The molecule has 0 unspecified atom stereocenters. The summed E-state index contributed by atoms with van der Waals surface area (Å²) >= 11 is 0. The van der Waals surface area contributed by atoms with Crippen molar-refractivity contribution >= 4 is 0 Å². The van der Waals surface area contributed by atoms with Crippen LogP contribution in [0.2, 0.25) is 0 Å². The third-order valence-electron chi connectivity index (χ3n) is 0.840. The van der Waals surface area contributed by atoms with Crippen molar-refractivity contribution in [2.45, 2.75) is 20.3 Å². The molecule has 1 nitrogen and oxygen atoms in total. The second-order valence-electron chi connectivity index (χ2n) is 2.24. The average molecular weight is 114 g/mol. The molecule has 0 bridgehead atoms. The van der Waals surface area contributed by atoms with Crippen LogP contribution in [0, 0.1) is 5.92 Å². The monoisotopic (exact) mass is 114 g/mol. The molecule has 0 spiro atoms. The van der Waals surface area contributed by atoms with Crippen LogP contribution >= 0.6 is 0 Å². The molecule has 0 amide bonds. The zero-order chi connectivity index (χ0) is 6.41. The van der Waals surface area contributed by atoms with E-state index in [1.165, 1.54) is 0 Å². The lowest BCUT2D eigenvalue weighted by Gasteiger charge is -1.94. The van der Waals surface area contributed by atoms with Crippen molar-refractivity contribution in [3.63, 3.8) is 0 Å². The molecular weight excluding hydrogens is 100 g/mol. The van der Waals surface area contributed by atoms with E-state index in [9.17, 15) is 0 Å². The van der Waals surface area contributed by atoms with Crippen LogP contribution in [0.25, 0.3) is 0 Å². The van der Waals surface area contributed by atoms with E-state index in [0.29, 0.717) is 0 Å². The lowest BCUT2D eigenvalue weighted by atomic mass is 10.1. The first-order chi connectivity index (χ1) is 3.77. The normalized spacial score (nSPS) is 11.0. The van der Waals surface area contributed by atoms with Crippen LogP contribution in [-0.2, 0) is 4.74 Å². The Balaban J connectivity index is 3.03. The van der Waals surface area contributed by atoms with Crippen LogP contribution in [-0.4, -0.2) is 7.11 Å². The molecule has 0 aromatic rings. The van der Waals surface area contributed by atoms with Gasteiger partial charge in [-0.25, -0.2) is 0 Å². The van der Waals surface area contributed by atoms with Crippen molar-refractivity contribution in [1.29, 1.82) is 0 Å². The first-order valence-electron chi connectivity index (χ1n) is 2.95. The maximum Gasteiger partial charge on any atom is 0.0784 e. The average Bonchev–Trinajstić information content (AvgIpc) is 1.66. The van der Waals surface area contributed by atoms with Crippen LogP contribution in [0.15, 0.2) is 12.3 Å². The Morgan fingerprint density at radius 1 is 1.50 bits per heavy atom. The molecule has 8 heavy (non-hydrogen) atoms. The summed E-state index contributed by atoms with van der Waals surface area (Å²) in [5.41, 5.74) is 0. The summed E-state index contributed by atoms with van der Waals surface area (Å²) in [6.07, 6.45) is 4.86. The molecule has 0 atom stereocenters. The lowest BCUT2D eigenvalue weighted by Crippen LogP contribution is -1.81. The molecule has 0 saturated carbocycles. The van der Waals surface area contributed by atoms with Gasteiger partial charge in [-0.15, -0.1) is 0 Å². The molecule has 0 aromatic heterocycles. The minimum Gasteiger partial charge on any atom is -0.505 e. The molecule has 0 fully saturated rings. The summed E-state index contributed by atoms with van der Waals surface area (Å²) in [5.74, 6) is 0.737. The minimum absolute atomic E-state index is 0.737. The predicted octanol–water partition coefficient (Wildman–Crippen LogP) is 2.19. The Kier molecular flexibility index (Phi) is 4.42. The first kappa shape index (κ1) is 7.54. The third-order valence-corrected chi connectivity index (χ3v) is 0.840. The van der Waals surface area contributed by atoms with Gasteiger partial charge in [0, 0.05) is 0 Å². The van der Waals surface area contributed by atoms with Crippen LogP contribution in [0.1, 0.15) is 20.3 Å². The SMILES string of the molecule is COC=CCC(C)C. The van der Waals surface area contributed by atoms with Gasteiger partial charge < -0.3 is 4.74 Å². The standard InChI is InChI=1S/C7H14O/c1-7(2)5-4-6-8-3/h4,6-7H,5H2,1-3H3. The summed E-state index contributed by atoms with van der Waals surface area (Å²) in [5, 5.41) is 0. The Morgan fingerprint density at radius 3 is 2.50 bits per heavy atom. The van der Waals surface area contributed by atoms with Crippen molar-refractivity contribution < 1.29 is 4.74 Å². The molecule has 0 aliphatic heterocycles. The van der Waals surface area contributed by atoms with Gasteiger partial charge in [0.15, 0.2) is 0 Å². The fourth-order valence-corrected chi connectivity index (χ4v) is 0.424. The maximum atomic E-state index is 4.71. The fourth-order valence-electron chi connectivity index (χ4n) is 0.424. The van der Waals surface area contributed by atoms with E-state index in [4.69, 9.17) is 4.74 Å². The second kappa shape index (κ2) is 4.69. The van der Waals surface area contributed by atoms with Gasteiger partial charge in [0.2, 0.25) is 0 Å². The topological polar surface area (TPSA) is 9.23 Å². The summed E-state index contributed by atoms with van der Waals surface area (Å²) in [4.78, 5) is 0. The van der Waals surface area contributed by atoms with E-state index < -0.39 is 0 Å². The minimum atomic E-state index is 0.737. The summed E-state index contributed by atoms with van der Waals surface area (Å²) in [6.45, 7) is 4.36. The number of ether oxygens (including phenoxy) is 1. The van der Waals surface area contributed by atoms with E-state index in [1.54, 1.807) is 13.4 Å². The molecule has 0 aromatic carbocycles. The van der Waals surface area contributed by atoms with E-state index in [2.05, 4.69) is 13.8 Å². The molecule has 1 heteroatoms. The highest BCUT2D eigenvalue weighted by Crippen LogP contribution is 1.98. The maximum absolute atomic E-state index is 4.71. The van der Waals surface area contributed by atoms with Gasteiger partial charge in [-0.05, 0) is 18.4 Å². The van der Waals surface area contributed by atoms with E-state index >= 15 is 0 Å². The van der Waals surface area contributed by atoms with E-state index in [0.717, 1.165) is 12.3 Å². The fraction of sp³-hybridized carbons (Fsp3) is 0.714. The highest BCUT2D eigenvalue weighted by atomic mass is 16.5. The molecular formula is C7H14O. The van der Waals surface area contributed by atoms with Gasteiger partial charge in [-0.2, -0.15) is 0 Å². The van der Waals surface area contributed by atoms with Crippen molar-refractivity contribution in [3.05, 3.63) is 12.3 Å². The third kappa shape index (κ3) is 5.54. The molecule has 0 rings (SSSR count). The number of hydrogen-bond donors (Lipinski definition) is 0. The Morgan fingerprint density at radius 2 is 2.12 bits per heavy atom. The summed E-state index contributed by atoms with van der Waals surface area (Å²) in [6, 6.07) is 0. The smallest absolute Gasteiger partial charge is 0.0784 e. The molecule has 0 aliphatic rings. The summed E-state index contributed by atoms with van der Waals surface area (Å²) < 4.78 is 4.71. The van der Waals surface area contributed by atoms with Gasteiger partial charge in [-0.1, -0.05) is 13.8 Å². The van der Waals surface area contributed by atoms with Crippen LogP contribution in [0.4, 0.5) is 0 Å². The number of hydrogen-bond acceptors (Lipinski definition) is 1. The second-order valence-corrected chi connectivity index (χ2v) is 2.24. The largest absolute Gasteiger partial charge is 0.505 e. The van der Waals surface area contributed by atoms with Gasteiger partial charge in [0.25, 0.3) is 0 Å². The molecule has 48 valence electrons. The quantitative estimate of drug-likeness (QED) is 0.511. The highest BCUT2D eigenvalue weighted by Gasteiger charge is 1.85. The zero-order valence-corrected chi connectivity index (χ0v) is 5.85. The molecule has 0 heterocycles. The molecule has 0 radical (unpaired) electrons. The van der Waals surface area contributed by atoms with Crippen molar-refractivity contribution in [3.8, 4) is 0 Å². The van der Waals surface area contributed by atoms with Gasteiger partial charge in [-0.3, -0.25) is 0 Å². The Hall–Kier alpha value is -0.460. The molecule has 0 aliphatic carbocycles. The zero-order valence-electron chi connectivity index (χ0n) is 5.85. The van der Waals surface area contributed by atoms with Gasteiger partial charge in [0.1, 0.15) is 0 Å². The molecule has 0 saturated heterocycles. The van der Waals surface area contributed by atoms with Crippen LogP contribution in [0.3, 0.4) is 0 Å². The number of methoxy groups -OCH3 is 1. The predicted molar refractivity (Wildman–Crippen MR) is 35.6 cm³/mol. The van der Waals surface area contributed by atoms with E-state index in [-0.39, 0.29) is 0 Å². The van der Waals surface area contributed by atoms with Gasteiger partial charge >= 0.3 is 0 Å². The van der Waals surface area contributed by atoms with Gasteiger partial charge in [0.05, 0.1) is 13.4 Å². The summed E-state index contributed by atoms with van der Waals surface area (Å²) in [7, 11) is 1.66. The number of allylic oxidation sites excluding steroid dienone is 1. The Bertz CT molecular complexity index is 64.8. The Labute approximate surface area is 51.4 Å². The first-order valence-corrected chi connectivity index (χ1v) is 2.95.